The molecule has 0 unspecified atom stereocenters. The fraction of sp³-hybridized carbons (Fsp3) is 0.300. The first-order chi connectivity index (χ1) is 12.0. The van der Waals surface area contributed by atoms with Gasteiger partial charge >= 0.3 is 0 Å². The Bertz CT molecular complexity index is 786. The lowest BCUT2D eigenvalue weighted by atomic mass is 10.1. The van der Waals surface area contributed by atoms with E-state index in [0.29, 0.717) is 24.4 Å². The van der Waals surface area contributed by atoms with Crippen molar-refractivity contribution >= 4 is 17.5 Å². The maximum Gasteiger partial charge on any atom is 0.254 e. The normalized spacial score (nSPS) is 17.6. The van der Waals surface area contributed by atoms with Crippen LogP contribution in [0.4, 0.5) is 5.69 Å². The van der Waals surface area contributed by atoms with Crippen LogP contribution in [0.5, 0.6) is 5.75 Å². The lowest BCUT2D eigenvalue weighted by Crippen LogP contribution is -2.57. The van der Waals surface area contributed by atoms with Crippen molar-refractivity contribution in [3.8, 4) is 5.75 Å². The summed E-state index contributed by atoms with van der Waals surface area (Å²) in [6.45, 7) is 4.68. The number of ether oxygens (including phenoxy) is 1. The highest BCUT2D eigenvalue weighted by molar-refractivity contribution is 6.04. The standard InChI is InChI=1S/C20H22N2O3/c1-14-8-10-16(11-9-14)20(24)21-12-13-22(19(23)15(21)2)17-6-4-5-7-18(17)25-3/h4-11,15H,12-13H2,1-3H3/t15-/m1/s1. The lowest BCUT2D eigenvalue weighted by molar-refractivity contribution is -0.124. The molecule has 0 aromatic heterocycles. The molecule has 2 amide bonds. The molecule has 0 bridgehead atoms. The Morgan fingerprint density at radius 3 is 2.44 bits per heavy atom. The third kappa shape index (κ3) is 3.22. The Kier molecular flexibility index (Phi) is 4.74. The van der Waals surface area contributed by atoms with Gasteiger partial charge in [-0.1, -0.05) is 29.8 Å². The Morgan fingerprint density at radius 2 is 1.76 bits per heavy atom. The van der Waals surface area contributed by atoms with Gasteiger partial charge in [-0.25, -0.2) is 0 Å². The quantitative estimate of drug-likeness (QED) is 0.865. The van der Waals surface area contributed by atoms with Gasteiger partial charge in [0, 0.05) is 18.7 Å². The molecule has 0 aliphatic carbocycles. The monoisotopic (exact) mass is 338 g/mol. The van der Waals surface area contributed by atoms with Gasteiger partial charge in [0.2, 0.25) is 5.91 Å². The summed E-state index contributed by atoms with van der Waals surface area (Å²) >= 11 is 0. The zero-order valence-electron chi connectivity index (χ0n) is 14.7. The van der Waals surface area contributed by atoms with Crippen molar-refractivity contribution in [2.24, 2.45) is 0 Å². The molecule has 5 nitrogen and oxygen atoms in total. The number of piperazine rings is 1. The first-order valence-electron chi connectivity index (χ1n) is 8.35. The van der Waals surface area contributed by atoms with E-state index >= 15 is 0 Å². The summed E-state index contributed by atoms with van der Waals surface area (Å²) in [5, 5.41) is 0. The van der Waals surface area contributed by atoms with Gasteiger partial charge in [-0.2, -0.15) is 0 Å². The Hall–Kier alpha value is -2.82. The van der Waals surface area contributed by atoms with Crippen LogP contribution in [0.3, 0.4) is 0 Å². The minimum atomic E-state index is -0.521. The summed E-state index contributed by atoms with van der Waals surface area (Å²) in [5.74, 6) is 0.443. The molecule has 1 fully saturated rings. The minimum absolute atomic E-state index is 0.101. The molecule has 3 rings (SSSR count). The molecule has 5 heteroatoms. The first-order valence-corrected chi connectivity index (χ1v) is 8.35. The molecule has 0 radical (unpaired) electrons. The van der Waals surface area contributed by atoms with Crippen LogP contribution in [0.1, 0.15) is 22.8 Å². The summed E-state index contributed by atoms with van der Waals surface area (Å²) in [7, 11) is 1.59. The van der Waals surface area contributed by atoms with Crippen LogP contribution in [0.2, 0.25) is 0 Å². The number of rotatable bonds is 3. The second-order valence-corrected chi connectivity index (χ2v) is 6.20. The van der Waals surface area contributed by atoms with Gasteiger partial charge in [-0.05, 0) is 38.1 Å². The second kappa shape index (κ2) is 6.97. The van der Waals surface area contributed by atoms with Gasteiger partial charge in [0.15, 0.2) is 0 Å². The van der Waals surface area contributed by atoms with E-state index in [0.717, 1.165) is 11.3 Å². The molecule has 1 atom stereocenters. The Labute approximate surface area is 147 Å². The molecule has 2 aromatic rings. The summed E-state index contributed by atoms with van der Waals surface area (Å²) in [4.78, 5) is 29.0. The largest absolute Gasteiger partial charge is 0.495 e. The van der Waals surface area contributed by atoms with Crippen molar-refractivity contribution < 1.29 is 14.3 Å². The van der Waals surface area contributed by atoms with Crippen molar-refractivity contribution in [3.63, 3.8) is 0 Å². The molecule has 1 heterocycles. The predicted molar refractivity (Wildman–Crippen MR) is 97.0 cm³/mol. The topological polar surface area (TPSA) is 49.9 Å². The molecule has 2 aromatic carbocycles. The number of aryl methyl sites for hydroxylation is 1. The summed E-state index contributed by atoms with van der Waals surface area (Å²) in [5.41, 5.74) is 2.45. The van der Waals surface area contributed by atoms with Crippen molar-refractivity contribution in [2.45, 2.75) is 19.9 Å². The zero-order valence-corrected chi connectivity index (χ0v) is 14.7. The van der Waals surface area contributed by atoms with Crippen LogP contribution in [0.15, 0.2) is 48.5 Å². The lowest BCUT2D eigenvalue weighted by Gasteiger charge is -2.39. The average molecular weight is 338 g/mol. The van der Waals surface area contributed by atoms with Crippen LogP contribution in [-0.2, 0) is 4.79 Å². The predicted octanol–water partition coefficient (Wildman–Crippen LogP) is 2.88. The summed E-state index contributed by atoms with van der Waals surface area (Å²) in [6.07, 6.45) is 0. The maximum absolute atomic E-state index is 12.9. The van der Waals surface area contributed by atoms with Crippen LogP contribution in [0, 0.1) is 6.92 Å². The van der Waals surface area contributed by atoms with Crippen LogP contribution in [0.25, 0.3) is 0 Å². The third-order valence-electron chi connectivity index (χ3n) is 4.59. The Balaban J connectivity index is 1.82. The number of nitrogens with zero attached hydrogens (tertiary/aromatic N) is 2. The fourth-order valence-electron chi connectivity index (χ4n) is 3.10. The smallest absolute Gasteiger partial charge is 0.254 e. The van der Waals surface area contributed by atoms with E-state index in [1.165, 1.54) is 0 Å². The van der Waals surface area contributed by atoms with E-state index in [1.54, 1.807) is 23.8 Å². The molecular weight excluding hydrogens is 316 g/mol. The van der Waals surface area contributed by atoms with Crippen LogP contribution < -0.4 is 9.64 Å². The van der Waals surface area contributed by atoms with Crippen LogP contribution in [-0.4, -0.2) is 43.0 Å². The molecule has 0 N–H and O–H groups in total. The van der Waals surface area contributed by atoms with Gasteiger partial charge in [-0.15, -0.1) is 0 Å². The van der Waals surface area contributed by atoms with E-state index in [4.69, 9.17) is 4.74 Å². The molecule has 0 saturated carbocycles. The van der Waals surface area contributed by atoms with E-state index < -0.39 is 6.04 Å². The molecule has 0 spiro atoms. The number of hydrogen-bond acceptors (Lipinski definition) is 3. The number of anilines is 1. The van der Waals surface area contributed by atoms with E-state index in [-0.39, 0.29) is 11.8 Å². The first kappa shape index (κ1) is 17.0. The Morgan fingerprint density at radius 1 is 1.08 bits per heavy atom. The second-order valence-electron chi connectivity index (χ2n) is 6.20. The van der Waals surface area contributed by atoms with Crippen molar-refractivity contribution in [2.75, 3.05) is 25.1 Å². The van der Waals surface area contributed by atoms with E-state index in [2.05, 4.69) is 0 Å². The van der Waals surface area contributed by atoms with Gasteiger partial charge < -0.3 is 14.5 Å². The fourth-order valence-corrected chi connectivity index (χ4v) is 3.10. The number of carbonyl (C=O) groups excluding carboxylic acids is 2. The zero-order chi connectivity index (χ0) is 18.0. The highest BCUT2D eigenvalue weighted by Crippen LogP contribution is 2.30. The van der Waals surface area contributed by atoms with Gasteiger partial charge in [0.1, 0.15) is 11.8 Å². The summed E-state index contributed by atoms with van der Waals surface area (Å²) in [6, 6.07) is 14.3. The molecule has 1 aliphatic rings. The molecule has 1 aliphatic heterocycles. The van der Waals surface area contributed by atoms with Crippen molar-refractivity contribution in [3.05, 3.63) is 59.7 Å². The SMILES string of the molecule is COc1ccccc1N1CCN(C(=O)c2ccc(C)cc2)[C@H](C)C1=O. The number of carbonyl (C=O) groups is 2. The molecule has 130 valence electrons. The number of hydrogen-bond donors (Lipinski definition) is 0. The van der Waals surface area contributed by atoms with Crippen molar-refractivity contribution in [1.82, 2.24) is 4.90 Å². The van der Waals surface area contributed by atoms with E-state index in [9.17, 15) is 9.59 Å². The number of amides is 2. The highest BCUT2D eigenvalue weighted by Gasteiger charge is 2.36. The molecular formula is C20H22N2O3. The summed E-state index contributed by atoms with van der Waals surface area (Å²) < 4.78 is 5.36. The third-order valence-corrected chi connectivity index (χ3v) is 4.59. The van der Waals surface area contributed by atoms with Gasteiger partial charge in [-0.3, -0.25) is 9.59 Å². The van der Waals surface area contributed by atoms with Gasteiger partial charge in [0.25, 0.3) is 5.91 Å². The molecule has 25 heavy (non-hydrogen) atoms. The van der Waals surface area contributed by atoms with E-state index in [1.807, 2.05) is 55.5 Å². The highest BCUT2D eigenvalue weighted by atomic mass is 16.5. The average Bonchev–Trinajstić information content (AvgIpc) is 2.64. The van der Waals surface area contributed by atoms with Gasteiger partial charge in [0.05, 0.1) is 12.8 Å². The van der Waals surface area contributed by atoms with Crippen molar-refractivity contribution in [1.29, 1.82) is 0 Å². The molecule has 1 saturated heterocycles. The maximum atomic E-state index is 12.9. The number of methoxy groups -OCH3 is 1. The number of para-hydroxylation sites is 2. The minimum Gasteiger partial charge on any atom is -0.495 e. The number of benzene rings is 2. The van der Waals surface area contributed by atoms with Crippen LogP contribution >= 0.6 is 0 Å².